The largest absolute Gasteiger partial charge is 0.282 e. The molecule has 2 rings (SSSR count). The van der Waals surface area contributed by atoms with Crippen LogP contribution in [0.2, 0.25) is 0 Å². The monoisotopic (exact) mass is 232 g/mol. The van der Waals surface area contributed by atoms with Crippen LogP contribution in [0, 0.1) is 0 Å². The van der Waals surface area contributed by atoms with Crippen LogP contribution in [0.4, 0.5) is 0 Å². The van der Waals surface area contributed by atoms with Crippen molar-refractivity contribution in [3.8, 4) is 0 Å². The van der Waals surface area contributed by atoms with Crippen molar-refractivity contribution in [2.75, 3.05) is 0 Å². The molecule has 16 heavy (non-hydrogen) atoms. The third kappa shape index (κ3) is 2.73. The maximum Gasteiger partial charge on any atom is 0.219 e. The van der Waals surface area contributed by atoms with Crippen LogP contribution < -0.4 is 0 Å². The molecule has 1 aromatic carbocycles. The number of carbonyl (C=O) groups is 1. The predicted octanol–water partition coefficient (Wildman–Crippen LogP) is 2.49. The molecule has 0 aliphatic heterocycles. The summed E-state index contributed by atoms with van der Waals surface area (Å²) < 4.78 is 1.74. The maximum absolute atomic E-state index is 11.8. The summed E-state index contributed by atoms with van der Waals surface area (Å²) in [5.74, 6) is 0.668. The molecular weight excluding hydrogens is 220 g/mol. The minimum absolute atomic E-state index is 0.101. The minimum Gasteiger partial charge on any atom is -0.282 e. The fraction of sp³-hybridized carbons (Fsp3) is 0.167. The molecule has 0 aliphatic rings. The van der Waals surface area contributed by atoms with Gasteiger partial charge in [0.2, 0.25) is 5.12 Å². The second kappa shape index (κ2) is 4.99. The van der Waals surface area contributed by atoms with E-state index in [4.69, 9.17) is 0 Å². The van der Waals surface area contributed by atoms with Gasteiger partial charge < -0.3 is 0 Å². The molecule has 3 nitrogen and oxygen atoms in total. The van der Waals surface area contributed by atoms with E-state index in [0.717, 1.165) is 11.1 Å². The highest BCUT2D eigenvalue weighted by Gasteiger charge is 2.06. The highest BCUT2D eigenvalue weighted by molar-refractivity contribution is 8.13. The summed E-state index contributed by atoms with van der Waals surface area (Å²) in [5, 5.41) is 4.16. The standard InChI is InChI=1S/C12H12N2OS/c1-14-8-10(7-13-14)9-16-12(15)11-5-3-2-4-6-11/h2-8H,9H2,1H3. The fourth-order valence-corrected chi connectivity index (χ4v) is 2.10. The van der Waals surface area contributed by atoms with Gasteiger partial charge in [0.1, 0.15) is 0 Å². The minimum atomic E-state index is 0.101. The van der Waals surface area contributed by atoms with Gasteiger partial charge in [-0.15, -0.1) is 0 Å². The SMILES string of the molecule is Cn1cc(CSC(=O)c2ccccc2)cn1. The summed E-state index contributed by atoms with van der Waals surface area (Å²) in [6.45, 7) is 0. The average molecular weight is 232 g/mol. The molecule has 1 aromatic heterocycles. The van der Waals surface area contributed by atoms with Crippen LogP contribution in [0.5, 0.6) is 0 Å². The first-order valence-electron chi connectivity index (χ1n) is 4.95. The van der Waals surface area contributed by atoms with E-state index in [9.17, 15) is 4.79 Å². The van der Waals surface area contributed by atoms with Crippen LogP contribution in [-0.4, -0.2) is 14.9 Å². The van der Waals surface area contributed by atoms with Crippen LogP contribution in [0.3, 0.4) is 0 Å². The van der Waals surface area contributed by atoms with Gasteiger partial charge in [-0.1, -0.05) is 42.1 Å². The van der Waals surface area contributed by atoms with E-state index >= 15 is 0 Å². The number of thioether (sulfide) groups is 1. The van der Waals surface area contributed by atoms with Crippen molar-refractivity contribution >= 4 is 16.9 Å². The Labute approximate surface area is 98.5 Å². The zero-order chi connectivity index (χ0) is 11.4. The third-order valence-electron chi connectivity index (χ3n) is 2.14. The molecule has 0 radical (unpaired) electrons. The van der Waals surface area contributed by atoms with Gasteiger partial charge in [0, 0.05) is 30.1 Å². The number of nitrogens with zero attached hydrogens (tertiary/aromatic N) is 2. The number of rotatable bonds is 3. The Morgan fingerprint density at radius 1 is 1.38 bits per heavy atom. The van der Waals surface area contributed by atoms with Crippen molar-refractivity contribution in [2.45, 2.75) is 5.75 Å². The topological polar surface area (TPSA) is 34.9 Å². The average Bonchev–Trinajstić information content (AvgIpc) is 2.73. The van der Waals surface area contributed by atoms with Crippen molar-refractivity contribution in [1.29, 1.82) is 0 Å². The van der Waals surface area contributed by atoms with Crippen molar-refractivity contribution < 1.29 is 4.79 Å². The second-order valence-electron chi connectivity index (χ2n) is 3.46. The van der Waals surface area contributed by atoms with E-state index in [1.54, 1.807) is 10.9 Å². The van der Waals surface area contributed by atoms with Gasteiger partial charge in [-0.25, -0.2) is 0 Å². The Morgan fingerprint density at radius 2 is 2.12 bits per heavy atom. The van der Waals surface area contributed by atoms with Gasteiger partial charge >= 0.3 is 0 Å². The first kappa shape index (κ1) is 11.0. The quantitative estimate of drug-likeness (QED) is 0.815. The first-order chi connectivity index (χ1) is 7.75. The molecular formula is C12H12N2OS. The van der Waals surface area contributed by atoms with E-state index in [0.29, 0.717) is 5.75 Å². The second-order valence-corrected chi connectivity index (χ2v) is 4.41. The van der Waals surface area contributed by atoms with Gasteiger partial charge in [0.25, 0.3) is 0 Å². The number of aromatic nitrogens is 2. The van der Waals surface area contributed by atoms with Crippen molar-refractivity contribution in [2.24, 2.45) is 7.05 Å². The summed E-state index contributed by atoms with van der Waals surface area (Å²) in [5.41, 5.74) is 1.81. The van der Waals surface area contributed by atoms with E-state index in [1.165, 1.54) is 11.8 Å². The van der Waals surface area contributed by atoms with E-state index < -0.39 is 0 Å². The number of hydrogen-bond acceptors (Lipinski definition) is 3. The Balaban J connectivity index is 1.94. The summed E-state index contributed by atoms with van der Waals surface area (Å²) in [4.78, 5) is 11.8. The summed E-state index contributed by atoms with van der Waals surface area (Å²) in [6.07, 6.45) is 3.70. The Bertz CT molecular complexity index is 479. The maximum atomic E-state index is 11.8. The fourth-order valence-electron chi connectivity index (χ4n) is 1.35. The number of benzene rings is 1. The molecule has 82 valence electrons. The number of carbonyl (C=O) groups excluding carboxylic acids is 1. The van der Waals surface area contributed by atoms with Crippen molar-refractivity contribution in [3.63, 3.8) is 0 Å². The predicted molar refractivity (Wildman–Crippen MR) is 65.3 cm³/mol. The third-order valence-corrected chi connectivity index (χ3v) is 3.11. The molecule has 2 aromatic rings. The van der Waals surface area contributed by atoms with Gasteiger partial charge in [0.05, 0.1) is 6.20 Å². The normalized spacial score (nSPS) is 10.3. The van der Waals surface area contributed by atoms with Crippen LogP contribution in [0.25, 0.3) is 0 Å². The molecule has 0 saturated heterocycles. The molecule has 0 saturated carbocycles. The molecule has 0 atom stereocenters. The molecule has 0 fully saturated rings. The summed E-state index contributed by atoms with van der Waals surface area (Å²) in [7, 11) is 1.87. The van der Waals surface area contributed by atoms with E-state index in [2.05, 4.69) is 5.10 Å². The van der Waals surface area contributed by atoms with E-state index in [1.807, 2.05) is 43.6 Å². The Kier molecular flexibility index (Phi) is 3.41. The highest BCUT2D eigenvalue weighted by atomic mass is 32.2. The lowest BCUT2D eigenvalue weighted by atomic mass is 10.2. The first-order valence-corrected chi connectivity index (χ1v) is 5.94. The Hall–Kier alpha value is -1.55. The van der Waals surface area contributed by atoms with Crippen LogP contribution in [-0.2, 0) is 12.8 Å². The van der Waals surface area contributed by atoms with E-state index in [-0.39, 0.29) is 5.12 Å². The molecule has 0 amide bonds. The smallest absolute Gasteiger partial charge is 0.219 e. The molecule has 0 N–H and O–H groups in total. The lowest BCUT2D eigenvalue weighted by Gasteiger charge is -1.98. The Morgan fingerprint density at radius 3 is 2.75 bits per heavy atom. The van der Waals surface area contributed by atoms with Crippen molar-refractivity contribution in [3.05, 3.63) is 53.9 Å². The van der Waals surface area contributed by atoms with Gasteiger partial charge in [-0.05, 0) is 0 Å². The lowest BCUT2D eigenvalue weighted by Crippen LogP contribution is -1.93. The summed E-state index contributed by atoms with van der Waals surface area (Å²) >= 11 is 1.30. The van der Waals surface area contributed by atoms with Gasteiger partial charge in [0.15, 0.2) is 0 Å². The molecule has 0 bridgehead atoms. The van der Waals surface area contributed by atoms with Crippen molar-refractivity contribution in [1.82, 2.24) is 9.78 Å². The summed E-state index contributed by atoms with van der Waals surface area (Å²) in [6, 6.07) is 9.31. The van der Waals surface area contributed by atoms with Gasteiger partial charge in [-0.3, -0.25) is 9.48 Å². The lowest BCUT2D eigenvalue weighted by molar-refractivity contribution is 0.108. The van der Waals surface area contributed by atoms with Gasteiger partial charge in [-0.2, -0.15) is 5.10 Å². The van der Waals surface area contributed by atoms with Crippen LogP contribution >= 0.6 is 11.8 Å². The zero-order valence-electron chi connectivity index (χ0n) is 8.96. The number of aryl methyl sites for hydroxylation is 1. The molecule has 0 spiro atoms. The highest BCUT2D eigenvalue weighted by Crippen LogP contribution is 2.17. The molecule has 0 unspecified atom stereocenters. The van der Waals surface area contributed by atoms with Crippen LogP contribution in [0.1, 0.15) is 15.9 Å². The number of hydrogen-bond donors (Lipinski definition) is 0. The molecule has 0 aliphatic carbocycles. The molecule has 1 heterocycles. The molecule has 4 heteroatoms. The zero-order valence-corrected chi connectivity index (χ0v) is 9.78. The van der Waals surface area contributed by atoms with Crippen LogP contribution in [0.15, 0.2) is 42.7 Å².